The molecule has 0 aliphatic heterocycles. The molecule has 3 nitrogen and oxygen atoms in total. The lowest BCUT2D eigenvalue weighted by Crippen LogP contribution is -2.11. The summed E-state index contributed by atoms with van der Waals surface area (Å²) in [6.07, 6.45) is 0. The van der Waals surface area contributed by atoms with Crippen molar-refractivity contribution in [1.29, 1.82) is 0 Å². The second-order valence-electron chi connectivity index (χ2n) is 4.72. The lowest BCUT2D eigenvalue weighted by Gasteiger charge is -2.13. The van der Waals surface area contributed by atoms with Gasteiger partial charge in [-0.15, -0.1) is 11.3 Å². The number of nitrogens with zero attached hydrogens (tertiary/aromatic N) is 2. The molecule has 0 aliphatic rings. The first-order chi connectivity index (χ1) is 6.97. The lowest BCUT2D eigenvalue weighted by molar-refractivity contribution is 0.573. The van der Waals surface area contributed by atoms with E-state index in [2.05, 4.69) is 41.3 Å². The van der Waals surface area contributed by atoms with Gasteiger partial charge in [-0.05, 0) is 13.0 Å². The largest absolute Gasteiger partial charge is 0.282 e. The molecule has 80 valence electrons. The molecule has 2 rings (SSSR count). The Morgan fingerprint density at radius 2 is 2.07 bits per heavy atom. The second kappa shape index (κ2) is 3.45. The summed E-state index contributed by atoms with van der Waals surface area (Å²) in [4.78, 5) is 4.60. The predicted octanol–water partition coefficient (Wildman–Crippen LogP) is 3.14. The maximum absolute atomic E-state index is 4.60. The number of aromatic amines is 1. The molecule has 2 aromatic heterocycles. The Morgan fingerprint density at radius 1 is 1.33 bits per heavy atom. The summed E-state index contributed by atoms with van der Waals surface area (Å²) in [7, 11) is 0. The molecule has 0 amide bonds. The zero-order chi connectivity index (χ0) is 11.1. The number of aryl methyl sites for hydroxylation is 1. The summed E-state index contributed by atoms with van der Waals surface area (Å²) in [6, 6.07) is 2.02. The molecule has 0 atom stereocenters. The van der Waals surface area contributed by atoms with Crippen molar-refractivity contribution in [3.8, 4) is 10.7 Å². The highest BCUT2D eigenvalue weighted by Gasteiger charge is 2.18. The highest BCUT2D eigenvalue weighted by atomic mass is 32.1. The maximum atomic E-state index is 4.60. The van der Waals surface area contributed by atoms with E-state index in [1.54, 1.807) is 11.3 Å². The molecule has 0 aliphatic carbocycles. The molecule has 2 aromatic rings. The first-order valence-corrected chi connectivity index (χ1v) is 5.83. The van der Waals surface area contributed by atoms with E-state index in [1.807, 2.05) is 13.0 Å². The van der Waals surface area contributed by atoms with E-state index < -0.39 is 0 Å². The number of rotatable bonds is 1. The first kappa shape index (κ1) is 10.4. The van der Waals surface area contributed by atoms with Crippen LogP contribution in [0.15, 0.2) is 11.4 Å². The van der Waals surface area contributed by atoms with Crippen LogP contribution in [0, 0.1) is 6.92 Å². The van der Waals surface area contributed by atoms with Gasteiger partial charge in [0.15, 0.2) is 0 Å². The Kier molecular flexibility index (Phi) is 2.38. The van der Waals surface area contributed by atoms with Crippen LogP contribution in [0.2, 0.25) is 0 Å². The summed E-state index contributed by atoms with van der Waals surface area (Å²) in [5.74, 6) is 0. The topological polar surface area (TPSA) is 41.6 Å². The zero-order valence-corrected chi connectivity index (χ0v) is 10.3. The average molecular weight is 221 g/mol. The Labute approximate surface area is 93.6 Å². The van der Waals surface area contributed by atoms with Crippen molar-refractivity contribution in [3.63, 3.8) is 0 Å². The average Bonchev–Trinajstić information content (AvgIpc) is 2.69. The van der Waals surface area contributed by atoms with Gasteiger partial charge in [-0.3, -0.25) is 5.10 Å². The fraction of sp³-hybridized carbons (Fsp3) is 0.455. The molecule has 0 fully saturated rings. The standard InChI is InChI=1S/C11H15N3S/c1-7-5-8(14-13-7)10-12-9(6-15-10)11(2,3)4/h5-6H,1-4H3,(H,13,14). The van der Waals surface area contributed by atoms with Crippen LogP contribution < -0.4 is 0 Å². The van der Waals surface area contributed by atoms with Gasteiger partial charge in [-0.25, -0.2) is 4.98 Å². The monoisotopic (exact) mass is 221 g/mol. The van der Waals surface area contributed by atoms with Crippen LogP contribution in [0.25, 0.3) is 10.7 Å². The van der Waals surface area contributed by atoms with E-state index in [-0.39, 0.29) is 5.41 Å². The third kappa shape index (κ3) is 2.09. The number of aromatic nitrogens is 3. The van der Waals surface area contributed by atoms with Crippen molar-refractivity contribution >= 4 is 11.3 Å². The van der Waals surface area contributed by atoms with Gasteiger partial charge in [0, 0.05) is 16.5 Å². The molecule has 15 heavy (non-hydrogen) atoms. The highest BCUT2D eigenvalue weighted by molar-refractivity contribution is 7.13. The molecule has 1 N–H and O–H groups in total. The molecule has 0 saturated heterocycles. The predicted molar refractivity (Wildman–Crippen MR) is 63.1 cm³/mol. The Hall–Kier alpha value is -1.16. The van der Waals surface area contributed by atoms with Crippen LogP contribution in [-0.2, 0) is 5.41 Å². The van der Waals surface area contributed by atoms with Crippen LogP contribution in [0.1, 0.15) is 32.2 Å². The Morgan fingerprint density at radius 3 is 2.53 bits per heavy atom. The zero-order valence-electron chi connectivity index (χ0n) is 9.46. The molecule has 0 bridgehead atoms. The molecular formula is C11H15N3S. The van der Waals surface area contributed by atoms with E-state index in [9.17, 15) is 0 Å². The van der Waals surface area contributed by atoms with Crippen LogP contribution in [0.3, 0.4) is 0 Å². The van der Waals surface area contributed by atoms with Gasteiger partial charge in [0.2, 0.25) is 0 Å². The van der Waals surface area contributed by atoms with Crippen LogP contribution in [-0.4, -0.2) is 15.2 Å². The van der Waals surface area contributed by atoms with Crippen LogP contribution >= 0.6 is 11.3 Å². The van der Waals surface area contributed by atoms with E-state index in [0.29, 0.717) is 0 Å². The summed E-state index contributed by atoms with van der Waals surface area (Å²) >= 11 is 1.65. The molecule has 0 radical (unpaired) electrons. The quantitative estimate of drug-likeness (QED) is 0.803. The van der Waals surface area contributed by atoms with Gasteiger partial charge in [-0.2, -0.15) is 5.10 Å². The summed E-state index contributed by atoms with van der Waals surface area (Å²) in [5.41, 5.74) is 3.24. The van der Waals surface area contributed by atoms with Gasteiger partial charge < -0.3 is 0 Å². The number of H-pyrrole nitrogens is 1. The van der Waals surface area contributed by atoms with Gasteiger partial charge >= 0.3 is 0 Å². The molecule has 0 saturated carbocycles. The van der Waals surface area contributed by atoms with Crippen LogP contribution in [0.5, 0.6) is 0 Å². The molecule has 2 heterocycles. The maximum Gasteiger partial charge on any atom is 0.144 e. The summed E-state index contributed by atoms with van der Waals surface area (Å²) in [6.45, 7) is 8.50. The van der Waals surface area contributed by atoms with Crippen LogP contribution in [0.4, 0.5) is 0 Å². The van der Waals surface area contributed by atoms with Gasteiger partial charge in [0.05, 0.1) is 5.69 Å². The van der Waals surface area contributed by atoms with E-state index in [0.717, 1.165) is 22.1 Å². The van der Waals surface area contributed by atoms with Crippen molar-refractivity contribution in [2.75, 3.05) is 0 Å². The first-order valence-electron chi connectivity index (χ1n) is 4.95. The van der Waals surface area contributed by atoms with Crippen molar-refractivity contribution < 1.29 is 0 Å². The molecular weight excluding hydrogens is 206 g/mol. The number of hydrogen-bond acceptors (Lipinski definition) is 3. The minimum absolute atomic E-state index is 0.111. The minimum atomic E-state index is 0.111. The van der Waals surface area contributed by atoms with Crippen molar-refractivity contribution in [1.82, 2.24) is 15.2 Å². The highest BCUT2D eigenvalue weighted by Crippen LogP contribution is 2.28. The molecule has 4 heteroatoms. The third-order valence-electron chi connectivity index (χ3n) is 2.20. The number of hydrogen-bond donors (Lipinski definition) is 1. The molecule has 0 unspecified atom stereocenters. The fourth-order valence-electron chi connectivity index (χ4n) is 1.26. The lowest BCUT2D eigenvalue weighted by atomic mass is 9.93. The summed E-state index contributed by atoms with van der Waals surface area (Å²) < 4.78 is 0. The van der Waals surface area contributed by atoms with E-state index >= 15 is 0 Å². The van der Waals surface area contributed by atoms with Gasteiger partial charge in [0.25, 0.3) is 0 Å². The third-order valence-corrected chi connectivity index (χ3v) is 3.06. The Balaban J connectivity index is 2.36. The van der Waals surface area contributed by atoms with Crippen molar-refractivity contribution in [3.05, 3.63) is 22.8 Å². The Bertz CT molecular complexity index is 462. The number of nitrogens with one attached hydrogen (secondary N) is 1. The van der Waals surface area contributed by atoms with Gasteiger partial charge in [0.1, 0.15) is 10.7 Å². The normalized spacial score (nSPS) is 12.0. The minimum Gasteiger partial charge on any atom is -0.282 e. The fourth-order valence-corrected chi connectivity index (χ4v) is 2.27. The van der Waals surface area contributed by atoms with E-state index in [4.69, 9.17) is 0 Å². The van der Waals surface area contributed by atoms with Crippen molar-refractivity contribution in [2.45, 2.75) is 33.1 Å². The molecule has 0 aromatic carbocycles. The van der Waals surface area contributed by atoms with Crippen molar-refractivity contribution in [2.24, 2.45) is 0 Å². The molecule has 0 spiro atoms. The summed E-state index contributed by atoms with van der Waals surface area (Å²) in [5, 5.41) is 10.2. The van der Waals surface area contributed by atoms with Gasteiger partial charge in [-0.1, -0.05) is 20.8 Å². The second-order valence-corrected chi connectivity index (χ2v) is 5.58. The smallest absolute Gasteiger partial charge is 0.144 e. The SMILES string of the molecule is Cc1cc(-c2nc(C(C)(C)C)cs2)n[nH]1. The number of thiazole rings is 1. The van der Waals surface area contributed by atoms with E-state index in [1.165, 1.54) is 0 Å².